The lowest BCUT2D eigenvalue weighted by atomic mass is 10.2. The van der Waals surface area contributed by atoms with Crippen LogP contribution in [-0.2, 0) is 6.54 Å². The number of benzene rings is 1. The van der Waals surface area contributed by atoms with Crippen molar-refractivity contribution >= 4 is 33.2 Å². The minimum atomic E-state index is -0.578. The molecule has 0 spiro atoms. The number of phenols is 1. The molecule has 0 bridgehead atoms. The molecule has 2 N–H and O–H groups in total. The molecule has 2 rings (SSSR count). The number of amides is 1. The van der Waals surface area contributed by atoms with Gasteiger partial charge in [0.1, 0.15) is 11.6 Å². The number of hydrogen-bond donors (Lipinski definition) is 2. The molecule has 0 fully saturated rings. The average molecular weight is 330 g/mol. The van der Waals surface area contributed by atoms with Gasteiger partial charge < -0.3 is 10.4 Å². The maximum Gasteiger partial charge on any atom is 0.255 e. The van der Waals surface area contributed by atoms with Gasteiger partial charge in [0.05, 0.1) is 15.9 Å². The summed E-state index contributed by atoms with van der Waals surface area (Å²) in [6.45, 7) is 0.367. The molecule has 1 heterocycles. The Labute approximate surface area is 115 Å². The highest BCUT2D eigenvalue weighted by molar-refractivity contribution is 9.11. The van der Waals surface area contributed by atoms with Crippen molar-refractivity contribution in [2.45, 2.75) is 6.54 Å². The molecule has 1 aromatic heterocycles. The molecule has 2 aromatic rings. The molecule has 0 saturated carbocycles. The molecule has 1 aromatic carbocycles. The van der Waals surface area contributed by atoms with Gasteiger partial charge in [0, 0.05) is 10.9 Å². The third-order valence-electron chi connectivity index (χ3n) is 2.26. The first-order valence-electron chi connectivity index (χ1n) is 5.07. The van der Waals surface area contributed by atoms with E-state index in [1.165, 1.54) is 17.4 Å². The highest BCUT2D eigenvalue weighted by Crippen LogP contribution is 2.22. The molecular formula is C12H9BrFNO2S. The van der Waals surface area contributed by atoms with E-state index in [1.54, 1.807) is 0 Å². The van der Waals surface area contributed by atoms with Crippen LogP contribution in [0.25, 0.3) is 0 Å². The molecule has 0 radical (unpaired) electrons. The van der Waals surface area contributed by atoms with Gasteiger partial charge >= 0.3 is 0 Å². The highest BCUT2D eigenvalue weighted by atomic mass is 79.9. The molecule has 0 aliphatic rings. The minimum absolute atomic E-state index is 0.0621. The maximum absolute atomic E-state index is 12.8. The normalized spacial score (nSPS) is 10.3. The number of phenolic OH excluding ortho intramolecular Hbond substituents is 1. The summed E-state index contributed by atoms with van der Waals surface area (Å²) in [4.78, 5) is 12.7. The average Bonchev–Trinajstić information content (AvgIpc) is 2.72. The summed E-state index contributed by atoms with van der Waals surface area (Å²) in [5, 5.41) is 12.1. The Balaban J connectivity index is 2.03. The number of carbonyl (C=O) groups excluding carboxylic acids is 1. The van der Waals surface area contributed by atoms with Gasteiger partial charge in [-0.15, -0.1) is 11.3 Å². The van der Waals surface area contributed by atoms with Gasteiger partial charge in [-0.2, -0.15) is 0 Å². The van der Waals surface area contributed by atoms with Crippen molar-refractivity contribution in [1.29, 1.82) is 0 Å². The van der Waals surface area contributed by atoms with Crippen molar-refractivity contribution < 1.29 is 14.3 Å². The largest absolute Gasteiger partial charge is 0.507 e. The Kier molecular flexibility index (Phi) is 3.98. The number of rotatable bonds is 3. The Hall–Kier alpha value is -1.40. The zero-order valence-corrected chi connectivity index (χ0v) is 11.5. The molecule has 3 nitrogen and oxygen atoms in total. The van der Waals surface area contributed by atoms with E-state index >= 15 is 0 Å². The standard InChI is InChI=1S/C12H9BrFNO2S/c13-11-4-2-8(18-11)6-15-12(17)9-3-1-7(14)5-10(9)16/h1-5,16H,6H2,(H,15,17). The van der Waals surface area contributed by atoms with Gasteiger partial charge in [-0.25, -0.2) is 4.39 Å². The van der Waals surface area contributed by atoms with Crippen LogP contribution >= 0.6 is 27.3 Å². The van der Waals surface area contributed by atoms with Crippen LogP contribution < -0.4 is 5.32 Å². The lowest BCUT2D eigenvalue weighted by molar-refractivity contribution is 0.0948. The van der Waals surface area contributed by atoms with E-state index < -0.39 is 11.7 Å². The first-order chi connectivity index (χ1) is 8.56. The Morgan fingerprint density at radius 3 is 2.78 bits per heavy atom. The highest BCUT2D eigenvalue weighted by Gasteiger charge is 2.11. The summed E-state index contributed by atoms with van der Waals surface area (Å²) < 4.78 is 13.8. The van der Waals surface area contributed by atoms with E-state index in [4.69, 9.17) is 0 Å². The SMILES string of the molecule is O=C(NCc1ccc(Br)s1)c1ccc(F)cc1O. The number of thiophene rings is 1. The quantitative estimate of drug-likeness (QED) is 0.907. The van der Waals surface area contributed by atoms with Gasteiger partial charge in [0.15, 0.2) is 0 Å². The van der Waals surface area contributed by atoms with E-state index in [2.05, 4.69) is 21.2 Å². The van der Waals surface area contributed by atoms with Crippen molar-refractivity contribution in [2.75, 3.05) is 0 Å². The van der Waals surface area contributed by atoms with E-state index in [0.29, 0.717) is 6.54 Å². The summed E-state index contributed by atoms with van der Waals surface area (Å²) in [5.41, 5.74) is 0.0621. The van der Waals surface area contributed by atoms with Crippen molar-refractivity contribution in [1.82, 2.24) is 5.32 Å². The van der Waals surface area contributed by atoms with Crippen LogP contribution in [0.1, 0.15) is 15.2 Å². The molecular weight excluding hydrogens is 321 g/mol. The summed E-state index contributed by atoms with van der Waals surface area (Å²) in [6.07, 6.45) is 0. The van der Waals surface area contributed by atoms with Gasteiger partial charge in [-0.1, -0.05) is 0 Å². The molecule has 1 amide bonds. The summed E-state index contributed by atoms with van der Waals surface area (Å²) in [7, 11) is 0. The molecule has 6 heteroatoms. The fraction of sp³-hybridized carbons (Fsp3) is 0.0833. The zero-order chi connectivity index (χ0) is 13.1. The molecule has 0 atom stereocenters. The molecule has 0 aliphatic carbocycles. The molecule has 0 saturated heterocycles. The van der Waals surface area contributed by atoms with Crippen molar-refractivity contribution in [3.63, 3.8) is 0 Å². The first-order valence-corrected chi connectivity index (χ1v) is 6.68. The third-order valence-corrected chi connectivity index (χ3v) is 3.88. The topological polar surface area (TPSA) is 49.3 Å². The number of halogens is 2. The lowest BCUT2D eigenvalue weighted by Crippen LogP contribution is -2.22. The van der Waals surface area contributed by atoms with Crippen LogP contribution in [0.3, 0.4) is 0 Å². The van der Waals surface area contributed by atoms with Gasteiger partial charge in [0.25, 0.3) is 5.91 Å². The molecule has 0 aliphatic heterocycles. The van der Waals surface area contributed by atoms with Crippen LogP contribution in [0, 0.1) is 5.82 Å². The van der Waals surface area contributed by atoms with Crippen molar-refractivity contribution in [2.24, 2.45) is 0 Å². The molecule has 18 heavy (non-hydrogen) atoms. The Morgan fingerprint density at radius 1 is 1.39 bits per heavy atom. The minimum Gasteiger partial charge on any atom is -0.507 e. The first kappa shape index (κ1) is 13.0. The smallest absolute Gasteiger partial charge is 0.255 e. The van der Waals surface area contributed by atoms with Crippen LogP contribution in [0.4, 0.5) is 4.39 Å². The summed E-state index contributed by atoms with van der Waals surface area (Å²) in [6, 6.07) is 7.08. The van der Waals surface area contributed by atoms with E-state index in [0.717, 1.165) is 20.8 Å². The number of aromatic hydroxyl groups is 1. The van der Waals surface area contributed by atoms with Crippen LogP contribution in [0.15, 0.2) is 34.1 Å². The van der Waals surface area contributed by atoms with E-state index in [1.807, 2.05) is 12.1 Å². The van der Waals surface area contributed by atoms with Crippen molar-refractivity contribution in [3.05, 3.63) is 50.4 Å². The fourth-order valence-corrected chi connectivity index (χ4v) is 2.83. The third kappa shape index (κ3) is 3.08. The van der Waals surface area contributed by atoms with Gasteiger partial charge in [-0.05, 0) is 40.2 Å². The molecule has 94 valence electrons. The van der Waals surface area contributed by atoms with E-state index in [-0.39, 0.29) is 11.3 Å². The monoisotopic (exact) mass is 329 g/mol. The number of nitrogens with one attached hydrogen (secondary N) is 1. The lowest BCUT2D eigenvalue weighted by Gasteiger charge is -2.05. The predicted molar refractivity (Wildman–Crippen MR) is 71.3 cm³/mol. The summed E-state index contributed by atoms with van der Waals surface area (Å²) in [5.74, 6) is -1.37. The van der Waals surface area contributed by atoms with Crippen molar-refractivity contribution in [3.8, 4) is 5.75 Å². The van der Waals surface area contributed by atoms with Gasteiger partial charge in [-0.3, -0.25) is 4.79 Å². The maximum atomic E-state index is 12.8. The fourth-order valence-electron chi connectivity index (χ4n) is 1.41. The predicted octanol–water partition coefficient (Wildman–Crippen LogP) is 3.29. The van der Waals surface area contributed by atoms with Crippen LogP contribution in [-0.4, -0.2) is 11.0 Å². The number of carbonyl (C=O) groups is 1. The number of hydrogen-bond acceptors (Lipinski definition) is 3. The zero-order valence-electron chi connectivity index (χ0n) is 9.11. The Bertz CT molecular complexity index is 585. The van der Waals surface area contributed by atoms with E-state index in [9.17, 15) is 14.3 Å². The second-order valence-corrected chi connectivity index (χ2v) is 6.10. The second kappa shape index (κ2) is 5.49. The second-order valence-electron chi connectivity index (χ2n) is 3.55. The summed E-state index contributed by atoms with van der Waals surface area (Å²) >= 11 is 4.84. The van der Waals surface area contributed by atoms with Crippen LogP contribution in [0.2, 0.25) is 0 Å². The van der Waals surface area contributed by atoms with Gasteiger partial charge in [0.2, 0.25) is 0 Å². The van der Waals surface area contributed by atoms with Crippen LogP contribution in [0.5, 0.6) is 5.75 Å². The molecule has 0 unspecified atom stereocenters. The Morgan fingerprint density at radius 2 is 2.17 bits per heavy atom.